The molecule has 2 rings (SSSR count). The fraction of sp³-hybridized carbons (Fsp3) is 0.450. The number of aromatic nitrogens is 2. The molecule has 6 nitrogen and oxygen atoms in total. The number of nitrogens with one attached hydrogen (secondary N) is 1. The minimum atomic E-state index is -0.0640. The number of amides is 1. The van der Waals surface area contributed by atoms with Crippen molar-refractivity contribution in [1.82, 2.24) is 14.9 Å². The highest BCUT2D eigenvalue weighted by Crippen LogP contribution is 2.27. The fourth-order valence-corrected chi connectivity index (χ4v) is 2.62. The molecule has 0 aliphatic heterocycles. The van der Waals surface area contributed by atoms with Crippen LogP contribution in [0.5, 0.6) is 5.75 Å². The Labute approximate surface area is 155 Å². The molecule has 0 saturated heterocycles. The number of carbonyl (C=O) groups excluding carboxylic acids is 1. The quantitative estimate of drug-likeness (QED) is 0.727. The highest BCUT2D eigenvalue weighted by Gasteiger charge is 2.16. The molecule has 0 aliphatic carbocycles. The maximum atomic E-state index is 12.7. The van der Waals surface area contributed by atoms with E-state index >= 15 is 0 Å². The van der Waals surface area contributed by atoms with Crippen molar-refractivity contribution in [1.29, 1.82) is 0 Å². The summed E-state index contributed by atoms with van der Waals surface area (Å²) in [5, 5.41) is 3.23. The lowest BCUT2D eigenvalue weighted by molar-refractivity contribution is 0.0749. The van der Waals surface area contributed by atoms with Crippen molar-refractivity contribution in [2.45, 2.75) is 46.6 Å². The van der Waals surface area contributed by atoms with Gasteiger partial charge in [0.2, 0.25) is 0 Å². The minimum Gasteiger partial charge on any atom is -0.489 e. The van der Waals surface area contributed by atoms with Gasteiger partial charge in [-0.2, -0.15) is 0 Å². The van der Waals surface area contributed by atoms with E-state index in [0.717, 1.165) is 37.4 Å². The van der Waals surface area contributed by atoms with Gasteiger partial charge in [-0.15, -0.1) is 0 Å². The second-order valence-corrected chi connectivity index (χ2v) is 6.37. The first-order valence-corrected chi connectivity index (χ1v) is 9.19. The molecule has 1 aromatic heterocycles. The zero-order valence-electron chi connectivity index (χ0n) is 16.0. The number of carbonyl (C=O) groups is 1. The van der Waals surface area contributed by atoms with Crippen molar-refractivity contribution in [3.05, 3.63) is 42.4 Å². The van der Waals surface area contributed by atoms with E-state index < -0.39 is 0 Å². The molecular weight excluding hydrogens is 328 g/mol. The molecule has 0 aliphatic rings. The van der Waals surface area contributed by atoms with Crippen LogP contribution in [0.2, 0.25) is 0 Å². The van der Waals surface area contributed by atoms with Gasteiger partial charge in [0, 0.05) is 19.2 Å². The van der Waals surface area contributed by atoms with Crippen molar-refractivity contribution >= 4 is 17.4 Å². The maximum absolute atomic E-state index is 12.7. The minimum absolute atomic E-state index is 0.0640. The number of hydrogen-bond acceptors (Lipinski definition) is 5. The van der Waals surface area contributed by atoms with Gasteiger partial charge in [0.25, 0.3) is 5.91 Å². The summed E-state index contributed by atoms with van der Waals surface area (Å²) in [7, 11) is 0. The highest BCUT2D eigenvalue weighted by molar-refractivity contribution is 5.93. The zero-order chi connectivity index (χ0) is 18.9. The van der Waals surface area contributed by atoms with Crippen LogP contribution in [0.1, 0.15) is 51.0 Å². The van der Waals surface area contributed by atoms with Gasteiger partial charge in [-0.3, -0.25) is 4.79 Å². The number of anilines is 2. The standard InChI is InChI=1S/C20H28N4O2/c1-5-11-24(12-6-2)20(25)17-13-19(22-14-21-17)23-16-9-7-8-10-18(16)26-15(3)4/h7-10,13-15H,5-6,11-12H2,1-4H3,(H,21,22,23). The second kappa shape index (κ2) is 9.75. The monoisotopic (exact) mass is 356 g/mol. The first-order valence-electron chi connectivity index (χ1n) is 9.19. The van der Waals surface area contributed by atoms with Crippen molar-refractivity contribution in [2.24, 2.45) is 0 Å². The smallest absolute Gasteiger partial charge is 0.272 e. The molecule has 1 aromatic carbocycles. The normalized spacial score (nSPS) is 10.7. The van der Waals surface area contributed by atoms with E-state index in [1.54, 1.807) is 6.07 Å². The Morgan fingerprint density at radius 2 is 1.85 bits per heavy atom. The number of para-hydroxylation sites is 2. The molecule has 0 spiro atoms. The summed E-state index contributed by atoms with van der Waals surface area (Å²) >= 11 is 0. The predicted molar refractivity (Wildman–Crippen MR) is 104 cm³/mol. The van der Waals surface area contributed by atoms with Crippen LogP contribution in [0.15, 0.2) is 36.7 Å². The van der Waals surface area contributed by atoms with Crippen LogP contribution < -0.4 is 10.1 Å². The van der Waals surface area contributed by atoms with Crippen LogP contribution in [0.4, 0.5) is 11.5 Å². The van der Waals surface area contributed by atoms with E-state index in [2.05, 4.69) is 29.1 Å². The Bertz CT molecular complexity index is 712. The molecule has 2 aromatic rings. The van der Waals surface area contributed by atoms with Gasteiger partial charge < -0.3 is 15.0 Å². The number of benzene rings is 1. The van der Waals surface area contributed by atoms with Crippen LogP contribution >= 0.6 is 0 Å². The van der Waals surface area contributed by atoms with Gasteiger partial charge in [-0.05, 0) is 38.8 Å². The molecule has 0 fully saturated rings. The zero-order valence-corrected chi connectivity index (χ0v) is 16.0. The van der Waals surface area contributed by atoms with Crippen molar-refractivity contribution in [2.75, 3.05) is 18.4 Å². The summed E-state index contributed by atoms with van der Waals surface area (Å²) < 4.78 is 5.82. The lowest BCUT2D eigenvalue weighted by Crippen LogP contribution is -2.33. The van der Waals surface area contributed by atoms with Crippen molar-refractivity contribution in [3.63, 3.8) is 0 Å². The summed E-state index contributed by atoms with van der Waals surface area (Å²) in [4.78, 5) is 23.0. The van der Waals surface area contributed by atoms with Crippen molar-refractivity contribution < 1.29 is 9.53 Å². The fourth-order valence-electron chi connectivity index (χ4n) is 2.62. The number of nitrogens with zero attached hydrogens (tertiary/aromatic N) is 3. The average Bonchev–Trinajstić information content (AvgIpc) is 2.62. The molecule has 0 bridgehead atoms. The maximum Gasteiger partial charge on any atom is 0.272 e. The van der Waals surface area contributed by atoms with Gasteiger partial charge in [0.15, 0.2) is 0 Å². The first-order chi connectivity index (χ1) is 12.5. The third-order valence-corrected chi connectivity index (χ3v) is 3.67. The van der Waals surface area contributed by atoms with E-state index in [0.29, 0.717) is 11.5 Å². The Hall–Kier alpha value is -2.63. The number of rotatable bonds is 9. The first kappa shape index (κ1) is 19.7. The van der Waals surface area contributed by atoms with E-state index in [4.69, 9.17) is 4.74 Å². The molecule has 0 unspecified atom stereocenters. The van der Waals surface area contributed by atoms with Gasteiger partial charge in [0.1, 0.15) is 23.6 Å². The Balaban J connectivity index is 2.20. The van der Waals surface area contributed by atoms with Crippen LogP contribution in [-0.4, -0.2) is 40.0 Å². The van der Waals surface area contributed by atoms with E-state index in [-0.39, 0.29) is 12.0 Å². The van der Waals surface area contributed by atoms with Gasteiger partial charge in [-0.1, -0.05) is 26.0 Å². The topological polar surface area (TPSA) is 67.4 Å². The van der Waals surface area contributed by atoms with Crippen LogP contribution in [0.25, 0.3) is 0 Å². The molecule has 0 saturated carbocycles. The third kappa shape index (κ3) is 5.44. The van der Waals surface area contributed by atoms with E-state index in [1.807, 2.05) is 43.0 Å². The Kier molecular flexibility index (Phi) is 7.38. The Morgan fingerprint density at radius 3 is 2.50 bits per heavy atom. The molecule has 0 atom stereocenters. The molecule has 6 heteroatoms. The van der Waals surface area contributed by atoms with E-state index in [1.165, 1.54) is 6.33 Å². The summed E-state index contributed by atoms with van der Waals surface area (Å²) in [5.41, 5.74) is 1.20. The van der Waals surface area contributed by atoms with Gasteiger partial charge >= 0.3 is 0 Å². The number of ether oxygens (including phenoxy) is 1. The Morgan fingerprint density at radius 1 is 1.15 bits per heavy atom. The summed E-state index contributed by atoms with van der Waals surface area (Å²) in [6.45, 7) is 9.54. The van der Waals surface area contributed by atoms with Gasteiger partial charge in [0.05, 0.1) is 11.8 Å². The molecule has 1 amide bonds. The molecule has 1 heterocycles. The largest absolute Gasteiger partial charge is 0.489 e. The third-order valence-electron chi connectivity index (χ3n) is 3.67. The lowest BCUT2D eigenvalue weighted by atomic mass is 10.2. The highest BCUT2D eigenvalue weighted by atomic mass is 16.5. The number of hydrogen-bond donors (Lipinski definition) is 1. The summed E-state index contributed by atoms with van der Waals surface area (Å²) in [5.74, 6) is 1.24. The molecule has 1 N–H and O–H groups in total. The molecular formula is C20H28N4O2. The molecule has 140 valence electrons. The van der Waals surface area contributed by atoms with Crippen LogP contribution in [0.3, 0.4) is 0 Å². The summed E-state index contributed by atoms with van der Waals surface area (Å²) in [6.07, 6.45) is 3.32. The molecule has 26 heavy (non-hydrogen) atoms. The lowest BCUT2D eigenvalue weighted by Gasteiger charge is -2.21. The SMILES string of the molecule is CCCN(CCC)C(=O)c1cc(Nc2ccccc2OC(C)C)ncn1. The van der Waals surface area contributed by atoms with Crippen LogP contribution in [-0.2, 0) is 0 Å². The predicted octanol–water partition coefficient (Wildman–Crippen LogP) is 4.27. The van der Waals surface area contributed by atoms with Crippen LogP contribution in [0, 0.1) is 0 Å². The molecule has 0 radical (unpaired) electrons. The van der Waals surface area contributed by atoms with Gasteiger partial charge in [-0.25, -0.2) is 9.97 Å². The van der Waals surface area contributed by atoms with E-state index in [9.17, 15) is 4.79 Å². The second-order valence-electron chi connectivity index (χ2n) is 6.37. The van der Waals surface area contributed by atoms with Crippen molar-refractivity contribution in [3.8, 4) is 5.75 Å². The average molecular weight is 356 g/mol. The summed E-state index contributed by atoms with van der Waals surface area (Å²) in [6, 6.07) is 9.35.